The van der Waals surface area contributed by atoms with Gasteiger partial charge in [0.25, 0.3) is 0 Å². The Hall–Kier alpha value is -1.79. The van der Waals surface area contributed by atoms with Crippen LogP contribution in [0.2, 0.25) is 0 Å². The zero-order chi connectivity index (χ0) is 9.80. The van der Waals surface area contributed by atoms with Gasteiger partial charge in [-0.3, -0.25) is 5.10 Å². The highest BCUT2D eigenvalue weighted by Crippen LogP contribution is 2.14. The van der Waals surface area contributed by atoms with Crippen LogP contribution in [-0.4, -0.2) is 16.7 Å². The summed E-state index contributed by atoms with van der Waals surface area (Å²) in [5.74, 6) is 2.53. The molecule has 2 N–H and O–H groups in total. The third-order valence-corrected chi connectivity index (χ3v) is 2.07. The van der Waals surface area contributed by atoms with Crippen LogP contribution in [0.25, 0.3) is 10.9 Å². The summed E-state index contributed by atoms with van der Waals surface area (Å²) in [4.78, 5) is 0. The van der Waals surface area contributed by atoms with Crippen LogP contribution in [0.1, 0.15) is 5.69 Å². The molecule has 0 bridgehead atoms. The van der Waals surface area contributed by atoms with Crippen LogP contribution in [0, 0.1) is 12.3 Å². The highest BCUT2D eigenvalue weighted by Gasteiger charge is 2.02. The maximum absolute atomic E-state index is 5.14. The van der Waals surface area contributed by atoms with E-state index < -0.39 is 0 Å². The molecule has 14 heavy (non-hydrogen) atoms. The Labute approximate surface area is 82.5 Å². The maximum atomic E-state index is 5.14. The summed E-state index contributed by atoms with van der Waals surface area (Å²) in [6.45, 7) is 1.30. The summed E-state index contributed by atoms with van der Waals surface area (Å²) in [6.07, 6.45) is 5.14. The third kappa shape index (κ3) is 1.61. The van der Waals surface area contributed by atoms with Gasteiger partial charge in [0.05, 0.1) is 17.8 Å². The van der Waals surface area contributed by atoms with Crippen LogP contribution in [-0.2, 0) is 6.54 Å². The quantitative estimate of drug-likeness (QED) is 0.558. The molecule has 2 aromatic rings. The van der Waals surface area contributed by atoms with E-state index in [0.717, 1.165) is 23.1 Å². The van der Waals surface area contributed by atoms with Crippen molar-refractivity contribution in [3.8, 4) is 12.3 Å². The first-order valence-electron chi connectivity index (χ1n) is 4.48. The first kappa shape index (κ1) is 8.79. The third-order valence-electron chi connectivity index (χ3n) is 2.07. The molecule has 0 unspecified atom stereocenters. The number of hydrogen-bond acceptors (Lipinski definition) is 2. The number of nitrogens with one attached hydrogen (secondary N) is 2. The lowest BCUT2D eigenvalue weighted by Gasteiger charge is -1.97. The zero-order valence-corrected chi connectivity index (χ0v) is 7.75. The van der Waals surface area contributed by atoms with E-state index in [9.17, 15) is 0 Å². The first-order valence-corrected chi connectivity index (χ1v) is 4.48. The van der Waals surface area contributed by atoms with Crippen molar-refractivity contribution in [3.05, 3.63) is 30.0 Å². The largest absolute Gasteiger partial charge is 0.301 e. The van der Waals surface area contributed by atoms with Crippen molar-refractivity contribution in [1.29, 1.82) is 0 Å². The predicted octanol–water partition coefficient (Wildman–Crippen LogP) is 1.29. The molecule has 2 rings (SSSR count). The fourth-order valence-electron chi connectivity index (χ4n) is 1.41. The molecule has 0 atom stereocenters. The number of aromatic amines is 1. The minimum atomic E-state index is 0.577. The molecule has 0 aliphatic heterocycles. The number of aromatic nitrogens is 2. The second kappa shape index (κ2) is 3.95. The Balaban J connectivity index is 2.22. The Morgan fingerprint density at radius 1 is 1.43 bits per heavy atom. The first-order chi connectivity index (χ1) is 6.92. The van der Waals surface area contributed by atoms with Gasteiger partial charge < -0.3 is 5.32 Å². The van der Waals surface area contributed by atoms with Gasteiger partial charge in [-0.15, -0.1) is 6.42 Å². The van der Waals surface area contributed by atoms with E-state index in [1.165, 1.54) is 0 Å². The van der Waals surface area contributed by atoms with Gasteiger partial charge >= 0.3 is 0 Å². The minimum Gasteiger partial charge on any atom is -0.301 e. The van der Waals surface area contributed by atoms with Crippen molar-refractivity contribution >= 4 is 10.9 Å². The van der Waals surface area contributed by atoms with E-state index in [1.54, 1.807) is 0 Å². The van der Waals surface area contributed by atoms with Crippen molar-refractivity contribution in [2.75, 3.05) is 6.54 Å². The molecule has 0 fully saturated rings. The van der Waals surface area contributed by atoms with Gasteiger partial charge in [0.15, 0.2) is 0 Å². The van der Waals surface area contributed by atoms with Crippen molar-refractivity contribution in [2.45, 2.75) is 6.54 Å². The molecular formula is C11H11N3. The van der Waals surface area contributed by atoms with Crippen LogP contribution in [0.4, 0.5) is 0 Å². The Morgan fingerprint density at radius 2 is 2.29 bits per heavy atom. The summed E-state index contributed by atoms with van der Waals surface area (Å²) in [6, 6.07) is 8.01. The van der Waals surface area contributed by atoms with Crippen molar-refractivity contribution in [1.82, 2.24) is 15.5 Å². The van der Waals surface area contributed by atoms with Gasteiger partial charge in [0.1, 0.15) is 0 Å². The Morgan fingerprint density at radius 3 is 3.14 bits per heavy atom. The Kier molecular flexibility index (Phi) is 2.48. The number of benzene rings is 1. The molecule has 0 radical (unpaired) electrons. The molecule has 0 spiro atoms. The molecule has 0 aliphatic carbocycles. The Bertz CT molecular complexity index is 465. The van der Waals surface area contributed by atoms with Crippen LogP contribution in [0.5, 0.6) is 0 Å². The second-order valence-electron chi connectivity index (χ2n) is 3.03. The average molecular weight is 185 g/mol. The van der Waals surface area contributed by atoms with Gasteiger partial charge in [0.2, 0.25) is 0 Å². The lowest BCUT2D eigenvalue weighted by atomic mass is 10.2. The van der Waals surface area contributed by atoms with E-state index >= 15 is 0 Å². The molecular weight excluding hydrogens is 174 g/mol. The average Bonchev–Trinajstić information content (AvgIpc) is 2.63. The van der Waals surface area contributed by atoms with Crippen molar-refractivity contribution in [3.63, 3.8) is 0 Å². The predicted molar refractivity (Wildman–Crippen MR) is 56.6 cm³/mol. The molecule has 0 aliphatic rings. The fourth-order valence-corrected chi connectivity index (χ4v) is 1.41. The summed E-state index contributed by atoms with van der Waals surface area (Å²) in [7, 11) is 0. The van der Waals surface area contributed by atoms with Gasteiger partial charge in [-0.25, -0.2) is 0 Å². The summed E-state index contributed by atoms with van der Waals surface area (Å²) >= 11 is 0. The van der Waals surface area contributed by atoms with E-state index in [0.29, 0.717) is 6.54 Å². The zero-order valence-electron chi connectivity index (χ0n) is 7.75. The number of nitrogens with zero attached hydrogens (tertiary/aromatic N) is 1. The van der Waals surface area contributed by atoms with Crippen LogP contribution >= 0.6 is 0 Å². The second-order valence-corrected chi connectivity index (χ2v) is 3.03. The molecule has 70 valence electrons. The number of H-pyrrole nitrogens is 1. The SMILES string of the molecule is C#CCNCc1[nH]nc2ccccc12. The molecule has 1 aromatic carbocycles. The number of terminal acetylenes is 1. The van der Waals surface area contributed by atoms with Crippen LogP contribution < -0.4 is 5.32 Å². The standard InChI is InChI=1S/C11H11N3/c1-2-7-12-8-11-9-5-3-4-6-10(9)13-14-11/h1,3-6,12H,7-8H2,(H,13,14). The molecule has 3 heteroatoms. The summed E-state index contributed by atoms with van der Waals surface area (Å²) in [5.41, 5.74) is 2.07. The number of para-hydroxylation sites is 1. The smallest absolute Gasteiger partial charge is 0.0924 e. The van der Waals surface area contributed by atoms with Gasteiger partial charge in [-0.2, -0.15) is 5.10 Å². The fraction of sp³-hybridized carbons (Fsp3) is 0.182. The lowest BCUT2D eigenvalue weighted by molar-refractivity contribution is 0.749. The molecule has 3 nitrogen and oxygen atoms in total. The molecule has 0 saturated heterocycles. The number of fused-ring (bicyclic) bond motifs is 1. The highest BCUT2D eigenvalue weighted by atomic mass is 15.1. The summed E-state index contributed by atoms with van der Waals surface area (Å²) < 4.78 is 0. The molecule has 1 aromatic heterocycles. The number of rotatable bonds is 3. The van der Waals surface area contributed by atoms with Crippen molar-refractivity contribution < 1.29 is 0 Å². The van der Waals surface area contributed by atoms with Crippen molar-refractivity contribution in [2.24, 2.45) is 0 Å². The van der Waals surface area contributed by atoms with E-state index in [2.05, 4.69) is 21.4 Å². The van der Waals surface area contributed by atoms with Crippen LogP contribution in [0.15, 0.2) is 24.3 Å². The lowest BCUT2D eigenvalue weighted by Crippen LogP contribution is -2.13. The highest BCUT2D eigenvalue weighted by molar-refractivity contribution is 5.81. The number of hydrogen-bond donors (Lipinski definition) is 2. The van der Waals surface area contributed by atoms with Crippen LogP contribution in [0.3, 0.4) is 0 Å². The van der Waals surface area contributed by atoms with E-state index in [-0.39, 0.29) is 0 Å². The molecule has 0 amide bonds. The van der Waals surface area contributed by atoms with E-state index in [4.69, 9.17) is 6.42 Å². The van der Waals surface area contributed by atoms with Gasteiger partial charge in [-0.05, 0) is 6.07 Å². The van der Waals surface area contributed by atoms with E-state index in [1.807, 2.05) is 24.3 Å². The monoisotopic (exact) mass is 185 g/mol. The minimum absolute atomic E-state index is 0.577. The molecule has 0 saturated carbocycles. The normalized spacial score (nSPS) is 10.2. The maximum Gasteiger partial charge on any atom is 0.0924 e. The van der Waals surface area contributed by atoms with Gasteiger partial charge in [0, 0.05) is 11.9 Å². The summed E-state index contributed by atoms with van der Waals surface area (Å²) in [5, 5.41) is 11.4. The van der Waals surface area contributed by atoms with Gasteiger partial charge in [-0.1, -0.05) is 24.1 Å². The molecule has 1 heterocycles. The topological polar surface area (TPSA) is 40.7 Å².